The van der Waals surface area contributed by atoms with Crippen molar-refractivity contribution in [1.29, 1.82) is 0 Å². The van der Waals surface area contributed by atoms with Gasteiger partial charge in [0.15, 0.2) is 0 Å². The molecule has 0 radical (unpaired) electrons. The van der Waals surface area contributed by atoms with Crippen LogP contribution in [0, 0.1) is 6.92 Å². The molecule has 0 aliphatic carbocycles. The topological polar surface area (TPSA) is 88.9 Å². The third-order valence-corrected chi connectivity index (χ3v) is 7.21. The molecule has 17 heteroatoms. The molecular formula is C25H22BrF8N5O2S. The molecule has 3 rings (SSSR count). The van der Waals surface area contributed by atoms with Gasteiger partial charge in [-0.3, -0.25) is 9.59 Å². The zero-order valence-electron chi connectivity index (χ0n) is 21.9. The Bertz CT molecular complexity index is 1480. The second-order valence-electron chi connectivity index (χ2n) is 9.08. The van der Waals surface area contributed by atoms with E-state index in [4.69, 9.17) is 0 Å². The van der Waals surface area contributed by atoms with Gasteiger partial charge in [0.2, 0.25) is 11.6 Å². The summed E-state index contributed by atoms with van der Waals surface area (Å²) in [6.07, 6.45) is -9.71. The van der Waals surface area contributed by atoms with Crippen molar-refractivity contribution < 1.29 is 44.7 Å². The quantitative estimate of drug-likeness (QED) is 0.242. The number of aromatic nitrogens is 3. The van der Waals surface area contributed by atoms with Gasteiger partial charge in [0.1, 0.15) is 0 Å². The van der Waals surface area contributed by atoms with Crippen LogP contribution in [0.3, 0.4) is 0 Å². The van der Waals surface area contributed by atoms with E-state index in [1.54, 1.807) is 19.1 Å². The summed E-state index contributed by atoms with van der Waals surface area (Å²) in [5, 5.41) is 8.23. The summed E-state index contributed by atoms with van der Waals surface area (Å²) in [5.41, 5.74) is 0.648. The highest BCUT2D eigenvalue weighted by Gasteiger charge is 2.62. The number of nitrogens with one attached hydrogen (secondary N) is 2. The largest absolute Gasteiger partial charge is 0.461 e. The molecule has 3 aromatic rings. The van der Waals surface area contributed by atoms with Crippen molar-refractivity contribution >= 4 is 45.2 Å². The van der Waals surface area contributed by atoms with Crippen LogP contribution < -0.4 is 10.6 Å². The summed E-state index contributed by atoms with van der Waals surface area (Å²) in [6, 6.07) is 8.18. The molecule has 0 aliphatic rings. The van der Waals surface area contributed by atoms with Crippen LogP contribution in [-0.4, -0.2) is 50.8 Å². The standard InChI is InChI=1S/C25H22BrF8N5O2S/c1-12-9-14(10-39-22(24(29,30)31)37-21(38-39)23(27,28)25(32,33)34)7-8-17(12)36-19(40)15-5-4-6-16(26)18(15)20(41)35-13(2)11-42-3/h4-9,13H,10-11H2,1-3H3,(H,35,41)(H,36,40)/t13-/m0/s1. The van der Waals surface area contributed by atoms with Gasteiger partial charge in [0.05, 0.1) is 17.7 Å². The van der Waals surface area contributed by atoms with Crippen LogP contribution >= 0.6 is 27.7 Å². The Balaban J connectivity index is 1.88. The van der Waals surface area contributed by atoms with Crippen LogP contribution in [-0.2, 0) is 18.6 Å². The smallest absolute Gasteiger partial charge is 0.349 e. The third-order valence-electron chi connectivity index (χ3n) is 5.71. The van der Waals surface area contributed by atoms with Gasteiger partial charge < -0.3 is 10.6 Å². The zero-order valence-corrected chi connectivity index (χ0v) is 24.3. The number of carbonyl (C=O) groups is 2. The minimum absolute atomic E-state index is 0.0252. The van der Waals surface area contributed by atoms with Gasteiger partial charge in [0, 0.05) is 22.0 Å². The van der Waals surface area contributed by atoms with Crippen LogP contribution in [0.2, 0.25) is 0 Å². The first-order valence-electron chi connectivity index (χ1n) is 11.8. The normalized spacial score (nSPS) is 13.1. The number of benzene rings is 2. The van der Waals surface area contributed by atoms with Crippen LogP contribution in [0.15, 0.2) is 40.9 Å². The highest BCUT2D eigenvalue weighted by atomic mass is 79.9. The van der Waals surface area contributed by atoms with Crippen molar-refractivity contribution in [3.05, 3.63) is 74.8 Å². The molecule has 7 nitrogen and oxygen atoms in total. The average Bonchev–Trinajstić information content (AvgIpc) is 3.30. The monoisotopic (exact) mass is 687 g/mol. The summed E-state index contributed by atoms with van der Waals surface area (Å²) in [6.45, 7) is 2.43. The number of anilines is 1. The number of carbonyl (C=O) groups excluding carboxylic acids is 2. The Morgan fingerprint density at radius 3 is 2.29 bits per heavy atom. The molecule has 2 aromatic carbocycles. The molecule has 1 heterocycles. The molecular weight excluding hydrogens is 666 g/mol. The first-order chi connectivity index (χ1) is 19.4. The van der Waals surface area contributed by atoms with E-state index in [2.05, 4.69) is 36.6 Å². The lowest BCUT2D eigenvalue weighted by Gasteiger charge is -2.17. The molecule has 2 amide bonds. The lowest BCUT2D eigenvalue weighted by atomic mass is 10.0. The van der Waals surface area contributed by atoms with Gasteiger partial charge in [-0.25, -0.2) is 9.67 Å². The Kier molecular flexibility index (Phi) is 9.96. The first kappa shape index (κ1) is 33.3. The zero-order chi connectivity index (χ0) is 31.6. The summed E-state index contributed by atoms with van der Waals surface area (Å²) < 4.78 is 106. The average molecular weight is 688 g/mol. The van der Waals surface area contributed by atoms with Gasteiger partial charge in [-0.05, 0) is 65.4 Å². The van der Waals surface area contributed by atoms with E-state index in [0.29, 0.717) is 15.8 Å². The lowest BCUT2D eigenvalue weighted by Crippen LogP contribution is -2.35. The van der Waals surface area contributed by atoms with Gasteiger partial charge in [-0.2, -0.15) is 46.9 Å². The maximum absolute atomic E-state index is 13.7. The van der Waals surface area contributed by atoms with Crippen LogP contribution in [0.5, 0.6) is 0 Å². The predicted octanol–water partition coefficient (Wildman–Crippen LogP) is 6.80. The highest BCUT2D eigenvalue weighted by molar-refractivity contribution is 9.10. The maximum atomic E-state index is 13.7. The molecule has 228 valence electrons. The Morgan fingerprint density at radius 2 is 1.71 bits per heavy atom. The van der Waals surface area contributed by atoms with E-state index in [9.17, 15) is 44.7 Å². The molecule has 0 fully saturated rings. The molecule has 0 saturated heterocycles. The minimum Gasteiger partial charge on any atom is -0.349 e. The fraction of sp³-hybridized carbons (Fsp3) is 0.360. The molecule has 0 unspecified atom stereocenters. The fourth-order valence-corrected chi connectivity index (χ4v) is 4.91. The minimum atomic E-state index is -6.21. The maximum Gasteiger partial charge on any atom is 0.461 e. The van der Waals surface area contributed by atoms with E-state index >= 15 is 0 Å². The summed E-state index contributed by atoms with van der Waals surface area (Å²) >= 11 is 4.80. The molecule has 2 N–H and O–H groups in total. The first-order valence-corrected chi connectivity index (χ1v) is 14.0. The number of alkyl halides is 8. The summed E-state index contributed by atoms with van der Waals surface area (Å²) in [5.74, 6) is -10.6. The molecule has 0 aliphatic heterocycles. The molecule has 0 spiro atoms. The van der Waals surface area contributed by atoms with Crippen molar-refractivity contribution in [2.75, 3.05) is 17.3 Å². The number of hydrogen-bond acceptors (Lipinski definition) is 5. The van der Waals surface area contributed by atoms with Gasteiger partial charge >= 0.3 is 18.3 Å². The Labute approximate surface area is 246 Å². The molecule has 42 heavy (non-hydrogen) atoms. The second-order valence-corrected chi connectivity index (χ2v) is 10.8. The SMILES string of the molecule is CSC[C@H](C)NC(=O)c1c(Br)cccc1C(=O)Nc1ccc(Cn2nc(C(F)(F)C(F)(F)F)nc2C(F)(F)F)cc1C. The Hall–Kier alpha value is -3.21. The number of nitrogens with zero attached hydrogens (tertiary/aromatic N) is 3. The van der Waals surface area contributed by atoms with Crippen LogP contribution in [0.25, 0.3) is 0 Å². The van der Waals surface area contributed by atoms with Crippen LogP contribution in [0.4, 0.5) is 40.8 Å². The highest BCUT2D eigenvalue weighted by Crippen LogP contribution is 2.43. The van der Waals surface area contributed by atoms with Gasteiger partial charge in [0.25, 0.3) is 11.8 Å². The molecule has 0 bridgehead atoms. The lowest BCUT2D eigenvalue weighted by molar-refractivity contribution is -0.292. The summed E-state index contributed by atoms with van der Waals surface area (Å²) in [4.78, 5) is 28.5. The van der Waals surface area contributed by atoms with E-state index < -0.39 is 48.3 Å². The predicted molar refractivity (Wildman–Crippen MR) is 143 cm³/mol. The van der Waals surface area contributed by atoms with Gasteiger partial charge in [-0.1, -0.05) is 18.2 Å². The van der Waals surface area contributed by atoms with Crippen molar-refractivity contribution in [2.45, 2.75) is 44.7 Å². The van der Waals surface area contributed by atoms with Crippen molar-refractivity contribution in [3.63, 3.8) is 0 Å². The summed E-state index contributed by atoms with van der Waals surface area (Å²) in [7, 11) is 0. The number of amides is 2. The van der Waals surface area contributed by atoms with E-state index in [1.807, 2.05) is 6.26 Å². The molecule has 1 aromatic heterocycles. The Morgan fingerprint density at radius 1 is 1.05 bits per heavy atom. The van der Waals surface area contributed by atoms with E-state index in [0.717, 1.165) is 0 Å². The number of hydrogen-bond donors (Lipinski definition) is 2. The van der Waals surface area contributed by atoms with Crippen molar-refractivity contribution in [1.82, 2.24) is 20.1 Å². The number of thioether (sulfide) groups is 1. The number of rotatable bonds is 9. The van der Waals surface area contributed by atoms with E-state index in [1.165, 1.54) is 43.0 Å². The second kappa shape index (κ2) is 12.6. The van der Waals surface area contributed by atoms with Crippen molar-refractivity contribution in [3.8, 4) is 0 Å². The van der Waals surface area contributed by atoms with Gasteiger partial charge in [-0.15, -0.1) is 5.10 Å². The van der Waals surface area contributed by atoms with Crippen molar-refractivity contribution in [2.24, 2.45) is 0 Å². The number of halogens is 9. The molecule has 0 saturated carbocycles. The fourth-order valence-electron chi connectivity index (χ4n) is 3.78. The number of aryl methyl sites for hydroxylation is 1. The third kappa shape index (κ3) is 7.40. The van der Waals surface area contributed by atoms with E-state index in [-0.39, 0.29) is 33.1 Å². The molecule has 1 atom stereocenters. The van der Waals surface area contributed by atoms with Crippen LogP contribution in [0.1, 0.15) is 50.4 Å².